The third-order valence-corrected chi connectivity index (χ3v) is 4.13. The minimum atomic E-state index is -0.111. The monoisotopic (exact) mass is 244 g/mol. The summed E-state index contributed by atoms with van der Waals surface area (Å²) >= 11 is 0. The van der Waals surface area contributed by atoms with E-state index >= 15 is 0 Å². The quantitative estimate of drug-likeness (QED) is 0.856. The Balaban J connectivity index is 1.65. The number of hydrogen-bond acceptors (Lipinski definition) is 2. The minimum Gasteiger partial charge on any atom is -0.373 e. The Kier molecular flexibility index (Phi) is 2.58. The molecule has 1 unspecified atom stereocenters. The third kappa shape index (κ3) is 2.09. The van der Waals surface area contributed by atoms with Crippen molar-refractivity contribution in [3.63, 3.8) is 0 Å². The predicted molar refractivity (Wildman–Crippen MR) is 72.5 cm³/mol. The standard InChI is InChI=1S/C15H20N2O/c1-15(2,11-7-8-11)17-14(18)13-9-10-5-3-4-6-12(10)16-13/h3-6,11,13,16H,7-9H2,1-2H3,(H,17,18). The summed E-state index contributed by atoms with van der Waals surface area (Å²) in [5.74, 6) is 0.785. The largest absolute Gasteiger partial charge is 0.373 e. The van der Waals surface area contributed by atoms with E-state index in [9.17, 15) is 4.79 Å². The first-order valence-corrected chi connectivity index (χ1v) is 6.73. The summed E-state index contributed by atoms with van der Waals surface area (Å²) in [6.45, 7) is 4.26. The maximum atomic E-state index is 12.3. The van der Waals surface area contributed by atoms with Crippen molar-refractivity contribution < 1.29 is 4.79 Å². The molecule has 0 spiro atoms. The van der Waals surface area contributed by atoms with Crippen LogP contribution in [-0.4, -0.2) is 17.5 Å². The zero-order chi connectivity index (χ0) is 12.8. The van der Waals surface area contributed by atoms with Crippen LogP contribution in [0.1, 0.15) is 32.3 Å². The lowest BCUT2D eigenvalue weighted by Gasteiger charge is -2.28. The molecule has 3 rings (SSSR count). The van der Waals surface area contributed by atoms with E-state index in [-0.39, 0.29) is 17.5 Å². The van der Waals surface area contributed by atoms with Gasteiger partial charge in [0, 0.05) is 17.6 Å². The number of hydrogen-bond donors (Lipinski definition) is 2. The van der Waals surface area contributed by atoms with Crippen LogP contribution in [0.5, 0.6) is 0 Å². The lowest BCUT2D eigenvalue weighted by Crippen LogP contribution is -2.50. The average molecular weight is 244 g/mol. The molecule has 2 N–H and O–H groups in total. The third-order valence-electron chi connectivity index (χ3n) is 4.13. The van der Waals surface area contributed by atoms with Gasteiger partial charge in [-0.1, -0.05) is 18.2 Å². The van der Waals surface area contributed by atoms with Crippen LogP contribution in [0.25, 0.3) is 0 Å². The fourth-order valence-electron chi connectivity index (χ4n) is 2.77. The molecule has 3 heteroatoms. The highest BCUT2D eigenvalue weighted by Crippen LogP contribution is 2.39. The molecule has 3 nitrogen and oxygen atoms in total. The van der Waals surface area contributed by atoms with E-state index in [4.69, 9.17) is 0 Å². The molecule has 0 radical (unpaired) electrons. The number of amides is 1. The Morgan fingerprint density at radius 2 is 2.06 bits per heavy atom. The van der Waals surface area contributed by atoms with Gasteiger partial charge < -0.3 is 10.6 Å². The second-order valence-corrected chi connectivity index (χ2v) is 6.04. The summed E-state index contributed by atoms with van der Waals surface area (Å²) in [4.78, 5) is 12.3. The molecule has 1 heterocycles. The lowest BCUT2D eigenvalue weighted by molar-refractivity contribution is -0.123. The highest BCUT2D eigenvalue weighted by molar-refractivity contribution is 5.87. The summed E-state index contributed by atoms with van der Waals surface area (Å²) < 4.78 is 0. The van der Waals surface area contributed by atoms with Gasteiger partial charge in [0.25, 0.3) is 0 Å². The van der Waals surface area contributed by atoms with Crippen molar-refractivity contribution in [3.05, 3.63) is 29.8 Å². The smallest absolute Gasteiger partial charge is 0.243 e. The fourth-order valence-corrected chi connectivity index (χ4v) is 2.77. The van der Waals surface area contributed by atoms with Gasteiger partial charge in [-0.25, -0.2) is 0 Å². The number of carbonyl (C=O) groups is 1. The molecule has 1 fully saturated rings. The molecule has 1 aromatic rings. The SMILES string of the molecule is CC(C)(NC(=O)C1Cc2ccccc2N1)C1CC1. The van der Waals surface area contributed by atoms with Crippen LogP contribution in [0.4, 0.5) is 5.69 Å². The van der Waals surface area contributed by atoms with Gasteiger partial charge in [0.15, 0.2) is 0 Å². The van der Waals surface area contributed by atoms with Crippen molar-refractivity contribution in [2.24, 2.45) is 5.92 Å². The molecular weight excluding hydrogens is 224 g/mol. The van der Waals surface area contributed by atoms with Crippen molar-refractivity contribution >= 4 is 11.6 Å². The van der Waals surface area contributed by atoms with Crippen LogP contribution in [0.3, 0.4) is 0 Å². The summed E-state index contributed by atoms with van der Waals surface area (Å²) in [6, 6.07) is 8.03. The Morgan fingerprint density at radius 1 is 1.33 bits per heavy atom. The van der Waals surface area contributed by atoms with Crippen LogP contribution in [0.2, 0.25) is 0 Å². The molecule has 0 aromatic heterocycles. The first-order chi connectivity index (χ1) is 8.56. The molecule has 1 saturated carbocycles. The molecule has 1 aliphatic heterocycles. The van der Waals surface area contributed by atoms with Gasteiger partial charge in [0.2, 0.25) is 5.91 Å². The summed E-state index contributed by atoms with van der Waals surface area (Å²) in [7, 11) is 0. The maximum absolute atomic E-state index is 12.3. The molecule has 1 amide bonds. The van der Waals surface area contributed by atoms with Crippen molar-refractivity contribution in [1.29, 1.82) is 0 Å². The molecule has 1 atom stereocenters. The van der Waals surface area contributed by atoms with Crippen molar-refractivity contribution in [1.82, 2.24) is 5.32 Å². The number of carbonyl (C=O) groups excluding carboxylic acids is 1. The predicted octanol–water partition coefficient (Wildman–Crippen LogP) is 2.33. The maximum Gasteiger partial charge on any atom is 0.243 e. The highest BCUT2D eigenvalue weighted by Gasteiger charge is 2.40. The van der Waals surface area contributed by atoms with Gasteiger partial charge >= 0.3 is 0 Å². The molecule has 18 heavy (non-hydrogen) atoms. The first-order valence-electron chi connectivity index (χ1n) is 6.73. The van der Waals surface area contributed by atoms with Crippen LogP contribution < -0.4 is 10.6 Å². The Morgan fingerprint density at radius 3 is 2.72 bits per heavy atom. The zero-order valence-electron chi connectivity index (χ0n) is 11.0. The van der Waals surface area contributed by atoms with Gasteiger partial charge in [0.1, 0.15) is 6.04 Å². The van der Waals surface area contributed by atoms with Crippen LogP contribution in [0, 0.1) is 5.92 Å². The van der Waals surface area contributed by atoms with Crippen molar-refractivity contribution in [2.75, 3.05) is 5.32 Å². The lowest BCUT2D eigenvalue weighted by atomic mass is 9.98. The number of fused-ring (bicyclic) bond motifs is 1. The molecule has 1 aliphatic carbocycles. The topological polar surface area (TPSA) is 41.1 Å². The minimum absolute atomic E-state index is 0.0620. The van der Waals surface area contributed by atoms with Gasteiger partial charge in [0.05, 0.1) is 0 Å². The zero-order valence-corrected chi connectivity index (χ0v) is 11.0. The summed E-state index contributed by atoms with van der Waals surface area (Å²) in [5.41, 5.74) is 2.27. The van der Waals surface area contributed by atoms with Gasteiger partial charge in [-0.2, -0.15) is 0 Å². The van der Waals surface area contributed by atoms with Crippen molar-refractivity contribution in [3.8, 4) is 0 Å². The van der Waals surface area contributed by atoms with Gasteiger partial charge in [-0.05, 0) is 44.2 Å². The second-order valence-electron chi connectivity index (χ2n) is 6.04. The Hall–Kier alpha value is -1.51. The molecule has 0 saturated heterocycles. The number of para-hydroxylation sites is 1. The van der Waals surface area contributed by atoms with Crippen molar-refractivity contribution in [2.45, 2.75) is 44.7 Å². The first kappa shape index (κ1) is 11.6. The number of nitrogens with one attached hydrogen (secondary N) is 2. The molecule has 1 aromatic carbocycles. The van der Waals surface area contributed by atoms with Crippen LogP contribution in [-0.2, 0) is 11.2 Å². The summed E-state index contributed by atoms with van der Waals surface area (Å²) in [5, 5.41) is 6.50. The molecule has 2 aliphatic rings. The van der Waals surface area contributed by atoms with E-state index in [1.54, 1.807) is 0 Å². The van der Waals surface area contributed by atoms with E-state index in [1.807, 2.05) is 18.2 Å². The van der Waals surface area contributed by atoms with E-state index in [1.165, 1.54) is 18.4 Å². The van der Waals surface area contributed by atoms with Crippen LogP contribution in [0.15, 0.2) is 24.3 Å². The Bertz CT molecular complexity index is 452. The number of anilines is 1. The van der Waals surface area contributed by atoms with Gasteiger partial charge in [-0.3, -0.25) is 4.79 Å². The fraction of sp³-hybridized carbons (Fsp3) is 0.533. The van der Waals surface area contributed by atoms with E-state index in [0.717, 1.165) is 12.1 Å². The highest BCUT2D eigenvalue weighted by atomic mass is 16.2. The van der Waals surface area contributed by atoms with Crippen LogP contribution >= 0.6 is 0 Å². The average Bonchev–Trinajstić information content (AvgIpc) is 3.08. The van der Waals surface area contributed by atoms with Gasteiger partial charge in [-0.15, -0.1) is 0 Å². The number of benzene rings is 1. The van der Waals surface area contributed by atoms with E-state index in [0.29, 0.717) is 5.92 Å². The van der Waals surface area contributed by atoms with E-state index in [2.05, 4.69) is 30.5 Å². The summed E-state index contributed by atoms with van der Waals surface area (Å²) in [6.07, 6.45) is 3.28. The van der Waals surface area contributed by atoms with E-state index < -0.39 is 0 Å². The Labute approximate surface area is 108 Å². The number of rotatable bonds is 3. The molecule has 96 valence electrons. The molecule has 0 bridgehead atoms. The second kappa shape index (κ2) is 4.01. The molecular formula is C15H20N2O. The normalized spacial score (nSPS) is 22.2.